The lowest BCUT2D eigenvalue weighted by atomic mass is 10.1. The van der Waals surface area contributed by atoms with E-state index >= 15 is 0 Å². The van der Waals surface area contributed by atoms with Crippen molar-refractivity contribution in [1.29, 1.82) is 0 Å². The van der Waals surface area contributed by atoms with Gasteiger partial charge in [-0.05, 0) is 23.8 Å². The first kappa shape index (κ1) is 12.3. The lowest BCUT2D eigenvalue weighted by molar-refractivity contribution is -0.120. The van der Waals surface area contributed by atoms with Crippen molar-refractivity contribution < 1.29 is 9.90 Å². The zero-order valence-corrected chi connectivity index (χ0v) is 9.64. The summed E-state index contributed by atoms with van der Waals surface area (Å²) in [5.41, 5.74) is 0.685. The van der Waals surface area contributed by atoms with E-state index in [1.165, 1.54) is 6.92 Å². The van der Waals surface area contributed by atoms with Crippen molar-refractivity contribution in [3.05, 3.63) is 33.8 Å². The molecule has 0 aliphatic heterocycles. The third-order valence-electron chi connectivity index (χ3n) is 1.85. The number of aliphatic hydroxyl groups excluding tert-OH is 1. The Labute approximate surface area is 98.0 Å². The predicted octanol–water partition coefficient (Wildman–Crippen LogP) is 2.16. The van der Waals surface area contributed by atoms with Gasteiger partial charge in [0, 0.05) is 17.0 Å². The summed E-state index contributed by atoms with van der Waals surface area (Å²) in [5.74, 6) is -0.217. The maximum absolute atomic E-state index is 10.9. The zero-order chi connectivity index (χ0) is 11.4. The van der Waals surface area contributed by atoms with Crippen LogP contribution in [0.4, 0.5) is 0 Å². The average molecular weight is 248 g/mol. The fourth-order valence-corrected chi connectivity index (χ4v) is 1.80. The normalized spacial score (nSPS) is 12.3. The second kappa shape index (κ2) is 5.35. The molecule has 0 spiro atoms. The van der Waals surface area contributed by atoms with Gasteiger partial charge >= 0.3 is 0 Å². The molecule has 1 atom stereocenters. The molecule has 15 heavy (non-hydrogen) atoms. The first-order valence-corrected chi connectivity index (χ1v) is 5.12. The highest BCUT2D eigenvalue weighted by molar-refractivity contribution is 6.34. The van der Waals surface area contributed by atoms with Crippen LogP contribution < -0.4 is 5.32 Å². The SMILES string of the molecule is CC(=O)NC(CO)c1cc(Cl)cc(Cl)c1. The van der Waals surface area contributed by atoms with E-state index in [1.54, 1.807) is 18.2 Å². The molecule has 0 aliphatic carbocycles. The molecule has 1 rings (SSSR count). The van der Waals surface area contributed by atoms with E-state index in [-0.39, 0.29) is 12.5 Å². The molecule has 1 unspecified atom stereocenters. The first-order chi connectivity index (χ1) is 7.02. The van der Waals surface area contributed by atoms with Gasteiger partial charge in [0.1, 0.15) is 0 Å². The zero-order valence-electron chi connectivity index (χ0n) is 8.13. The number of carbonyl (C=O) groups is 1. The minimum absolute atomic E-state index is 0.198. The van der Waals surface area contributed by atoms with Gasteiger partial charge in [-0.25, -0.2) is 0 Å². The molecule has 5 heteroatoms. The van der Waals surface area contributed by atoms with E-state index in [1.807, 2.05) is 0 Å². The molecular formula is C10H11Cl2NO2. The molecule has 82 valence electrons. The summed E-state index contributed by atoms with van der Waals surface area (Å²) in [6.45, 7) is 1.19. The Morgan fingerprint density at radius 3 is 2.33 bits per heavy atom. The van der Waals surface area contributed by atoms with Crippen LogP contribution in [0, 0.1) is 0 Å². The van der Waals surface area contributed by atoms with Crippen LogP contribution in [0.1, 0.15) is 18.5 Å². The van der Waals surface area contributed by atoms with Gasteiger partial charge in [-0.1, -0.05) is 23.2 Å². The summed E-state index contributed by atoms with van der Waals surface area (Å²) in [5, 5.41) is 12.7. The molecule has 0 aromatic heterocycles. The molecule has 1 amide bonds. The average Bonchev–Trinajstić information content (AvgIpc) is 2.12. The smallest absolute Gasteiger partial charge is 0.217 e. The van der Waals surface area contributed by atoms with Gasteiger partial charge in [-0.3, -0.25) is 4.79 Å². The van der Waals surface area contributed by atoms with E-state index in [2.05, 4.69) is 5.32 Å². The van der Waals surface area contributed by atoms with Gasteiger partial charge in [0.15, 0.2) is 0 Å². The number of amides is 1. The number of hydrogen-bond acceptors (Lipinski definition) is 2. The van der Waals surface area contributed by atoms with Crippen molar-refractivity contribution in [2.45, 2.75) is 13.0 Å². The summed E-state index contributed by atoms with van der Waals surface area (Å²) in [6, 6.07) is 4.43. The topological polar surface area (TPSA) is 49.3 Å². The molecule has 0 saturated heterocycles. The number of halogens is 2. The lowest BCUT2D eigenvalue weighted by Gasteiger charge is -2.16. The molecule has 0 saturated carbocycles. The second-order valence-corrected chi connectivity index (χ2v) is 4.01. The quantitative estimate of drug-likeness (QED) is 0.861. The Morgan fingerprint density at radius 1 is 1.40 bits per heavy atom. The number of nitrogens with one attached hydrogen (secondary N) is 1. The minimum atomic E-state index is -0.473. The number of aliphatic hydroxyl groups is 1. The predicted molar refractivity (Wildman–Crippen MR) is 60.1 cm³/mol. The molecule has 0 bridgehead atoms. The largest absolute Gasteiger partial charge is 0.394 e. The van der Waals surface area contributed by atoms with Gasteiger partial charge in [0.05, 0.1) is 12.6 Å². The van der Waals surface area contributed by atoms with Crippen LogP contribution >= 0.6 is 23.2 Å². The first-order valence-electron chi connectivity index (χ1n) is 4.37. The maximum atomic E-state index is 10.9. The van der Waals surface area contributed by atoms with Crippen LogP contribution in [-0.4, -0.2) is 17.6 Å². The van der Waals surface area contributed by atoms with Crippen molar-refractivity contribution in [3.63, 3.8) is 0 Å². The molecule has 0 fully saturated rings. The Morgan fingerprint density at radius 2 is 1.93 bits per heavy atom. The highest BCUT2D eigenvalue weighted by Gasteiger charge is 2.12. The number of hydrogen-bond donors (Lipinski definition) is 2. The van der Waals surface area contributed by atoms with Crippen LogP contribution in [-0.2, 0) is 4.79 Å². The second-order valence-electron chi connectivity index (χ2n) is 3.14. The van der Waals surface area contributed by atoms with Crippen LogP contribution in [0.3, 0.4) is 0 Å². The lowest BCUT2D eigenvalue weighted by Crippen LogP contribution is -2.28. The van der Waals surface area contributed by atoms with Crippen LogP contribution in [0.2, 0.25) is 10.0 Å². The summed E-state index contributed by atoms with van der Waals surface area (Å²) < 4.78 is 0. The Kier molecular flexibility index (Phi) is 4.39. The summed E-state index contributed by atoms with van der Waals surface area (Å²) in [6.07, 6.45) is 0. The molecule has 3 nitrogen and oxygen atoms in total. The van der Waals surface area contributed by atoms with Gasteiger partial charge < -0.3 is 10.4 Å². The number of benzene rings is 1. The Balaban J connectivity index is 2.95. The molecule has 1 aromatic rings. The third kappa shape index (κ3) is 3.70. The van der Waals surface area contributed by atoms with Crippen molar-refractivity contribution in [1.82, 2.24) is 5.32 Å². The van der Waals surface area contributed by atoms with Gasteiger partial charge in [-0.15, -0.1) is 0 Å². The van der Waals surface area contributed by atoms with Crippen molar-refractivity contribution in [3.8, 4) is 0 Å². The Hall–Kier alpha value is -0.770. The van der Waals surface area contributed by atoms with Crippen molar-refractivity contribution in [2.24, 2.45) is 0 Å². The standard InChI is InChI=1S/C10H11Cl2NO2/c1-6(15)13-10(5-14)7-2-8(11)4-9(12)3-7/h2-4,10,14H,5H2,1H3,(H,13,15). The summed E-state index contributed by atoms with van der Waals surface area (Å²) in [7, 11) is 0. The molecule has 0 aliphatic rings. The van der Waals surface area contributed by atoms with Crippen LogP contribution in [0.15, 0.2) is 18.2 Å². The fraction of sp³-hybridized carbons (Fsp3) is 0.300. The number of carbonyl (C=O) groups excluding carboxylic acids is 1. The third-order valence-corrected chi connectivity index (χ3v) is 2.28. The fourth-order valence-electron chi connectivity index (χ4n) is 1.26. The molecular weight excluding hydrogens is 237 g/mol. The van der Waals surface area contributed by atoms with Gasteiger partial charge in [0.2, 0.25) is 5.91 Å². The van der Waals surface area contributed by atoms with Crippen LogP contribution in [0.25, 0.3) is 0 Å². The van der Waals surface area contributed by atoms with E-state index in [0.29, 0.717) is 15.6 Å². The van der Waals surface area contributed by atoms with E-state index in [9.17, 15) is 4.79 Å². The Bertz CT molecular complexity index is 348. The summed E-state index contributed by atoms with van der Waals surface area (Å²) >= 11 is 11.6. The van der Waals surface area contributed by atoms with Crippen LogP contribution in [0.5, 0.6) is 0 Å². The van der Waals surface area contributed by atoms with Crippen molar-refractivity contribution in [2.75, 3.05) is 6.61 Å². The minimum Gasteiger partial charge on any atom is -0.394 e. The molecule has 0 radical (unpaired) electrons. The van der Waals surface area contributed by atoms with E-state index in [0.717, 1.165) is 0 Å². The molecule has 1 aromatic carbocycles. The van der Waals surface area contributed by atoms with Gasteiger partial charge in [0.25, 0.3) is 0 Å². The highest BCUT2D eigenvalue weighted by atomic mass is 35.5. The number of rotatable bonds is 3. The molecule has 2 N–H and O–H groups in total. The van der Waals surface area contributed by atoms with Gasteiger partial charge in [-0.2, -0.15) is 0 Å². The molecule has 0 heterocycles. The van der Waals surface area contributed by atoms with Crippen molar-refractivity contribution >= 4 is 29.1 Å². The maximum Gasteiger partial charge on any atom is 0.217 e. The highest BCUT2D eigenvalue weighted by Crippen LogP contribution is 2.23. The van der Waals surface area contributed by atoms with E-state index in [4.69, 9.17) is 28.3 Å². The monoisotopic (exact) mass is 247 g/mol. The van der Waals surface area contributed by atoms with E-state index < -0.39 is 6.04 Å². The summed E-state index contributed by atoms with van der Waals surface area (Å²) in [4.78, 5) is 10.9.